The lowest BCUT2D eigenvalue weighted by atomic mass is 10.1. The molecule has 0 radical (unpaired) electrons. The van der Waals surface area contributed by atoms with E-state index in [1.54, 1.807) is 16.9 Å². The van der Waals surface area contributed by atoms with E-state index >= 15 is 0 Å². The quantitative estimate of drug-likeness (QED) is 0.795. The molecule has 0 aliphatic rings. The highest BCUT2D eigenvalue weighted by Gasteiger charge is 2.15. The van der Waals surface area contributed by atoms with Crippen molar-refractivity contribution in [3.05, 3.63) is 12.3 Å². The van der Waals surface area contributed by atoms with Crippen LogP contribution in [0.25, 0.3) is 0 Å². The number of nitrogens with two attached hydrogens (primary N) is 1. The van der Waals surface area contributed by atoms with Gasteiger partial charge < -0.3 is 11.1 Å². The van der Waals surface area contributed by atoms with Crippen molar-refractivity contribution in [3.8, 4) is 0 Å². The molecule has 0 spiro atoms. The Bertz CT molecular complexity index is 359. The van der Waals surface area contributed by atoms with Crippen LogP contribution < -0.4 is 11.1 Å². The van der Waals surface area contributed by atoms with E-state index < -0.39 is 6.04 Å². The van der Waals surface area contributed by atoms with E-state index in [0.717, 1.165) is 19.3 Å². The van der Waals surface area contributed by atoms with Gasteiger partial charge in [-0.05, 0) is 20.3 Å². The second kappa shape index (κ2) is 6.39. The number of hydrogen-bond donors (Lipinski definition) is 2. The summed E-state index contributed by atoms with van der Waals surface area (Å²) in [5.41, 5.74) is 5.80. The van der Waals surface area contributed by atoms with E-state index in [-0.39, 0.29) is 11.9 Å². The Kier molecular flexibility index (Phi) is 5.15. The lowest BCUT2D eigenvalue weighted by Gasteiger charge is -2.14. The molecular weight excluding hydrogens is 216 g/mol. The number of carbonyl (C=O) groups is 1. The van der Waals surface area contributed by atoms with Gasteiger partial charge in [-0.2, -0.15) is 5.10 Å². The van der Waals surface area contributed by atoms with Crippen LogP contribution in [0.1, 0.15) is 46.1 Å². The van der Waals surface area contributed by atoms with Crippen LogP contribution in [0, 0.1) is 0 Å². The number of nitrogens with zero attached hydrogens (tertiary/aromatic N) is 2. The molecule has 1 aromatic heterocycles. The molecule has 1 heterocycles. The molecule has 1 rings (SSSR count). The van der Waals surface area contributed by atoms with E-state index in [9.17, 15) is 4.79 Å². The van der Waals surface area contributed by atoms with Gasteiger partial charge in [0.15, 0.2) is 0 Å². The van der Waals surface area contributed by atoms with Gasteiger partial charge >= 0.3 is 0 Å². The topological polar surface area (TPSA) is 72.9 Å². The normalized spacial score (nSPS) is 12.8. The minimum atomic E-state index is -0.439. The van der Waals surface area contributed by atoms with Crippen LogP contribution in [-0.2, 0) is 4.79 Å². The summed E-state index contributed by atoms with van der Waals surface area (Å²) in [6.07, 6.45) is 4.41. The maximum Gasteiger partial charge on any atom is 0.242 e. The Morgan fingerprint density at radius 1 is 1.59 bits per heavy atom. The zero-order valence-corrected chi connectivity index (χ0v) is 10.8. The smallest absolute Gasteiger partial charge is 0.242 e. The van der Waals surface area contributed by atoms with Gasteiger partial charge in [0.05, 0.1) is 12.2 Å². The van der Waals surface area contributed by atoms with Gasteiger partial charge in [-0.15, -0.1) is 0 Å². The molecule has 17 heavy (non-hydrogen) atoms. The molecule has 1 amide bonds. The van der Waals surface area contributed by atoms with Crippen molar-refractivity contribution in [2.75, 3.05) is 5.32 Å². The minimum absolute atomic E-state index is 0.138. The molecule has 1 aromatic rings. The number of nitrogens with one attached hydrogen (secondary N) is 1. The fraction of sp³-hybridized carbons (Fsp3) is 0.667. The molecule has 0 saturated carbocycles. The summed E-state index contributed by atoms with van der Waals surface area (Å²) in [6.45, 7) is 6.11. The average Bonchev–Trinajstić information content (AvgIpc) is 2.73. The standard InChI is InChI=1S/C12H22N4O/c1-4-5-6-10(13)12(17)15-11-7-8-14-16(11)9(2)3/h7-10H,4-6,13H2,1-3H3,(H,15,17). The molecule has 96 valence electrons. The molecule has 0 aromatic carbocycles. The van der Waals surface area contributed by atoms with Gasteiger partial charge in [0.1, 0.15) is 5.82 Å². The highest BCUT2D eigenvalue weighted by Crippen LogP contribution is 2.13. The van der Waals surface area contributed by atoms with Crippen molar-refractivity contribution in [2.24, 2.45) is 5.73 Å². The molecule has 5 nitrogen and oxygen atoms in total. The number of amides is 1. The highest BCUT2D eigenvalue weighted by molar-refractivity contribution is 5.93. The Labute approximate surface area is 102 Å². The third-order valence-corrected chi connectivity index (χ3v) is 2.62. The van der Waals surface area contributed by atoms with E-state index in [0.29, 0.717) is 5.82 Å². The predicted molar refractivity (Wildman–Crippen MR) is 68.7 cm³/mol. The maximum atomic E-state index is 11.8. The second-order valence-electron chi connectivity index (χ2n) is 4.49. The first-order chi connectivity index (χ1) is 8.06. The Hall–Kier alpha value is -1.36. The first-order valence-corrected chi connectivity index (χ1v) is 6.16. The summed E-state index contributed by atoms with van der Waals surface area (Å²) in [4.78, 5) is 11.8. The van der Waals surface area contributed by atoms with Crippen molar-refractivity contribution in [1.29, 1.82) is 0 Å². The Morgan fingerprint density at radius 3 is 2.88 bits per heavy atom. The van der Waals surface area contributed by atoms with E-state index in [4.69, 9.17) is 5.73 Å². The van der Waals surface area contributed by atoms with Gasteiger partial charge in [0.2, 0.25) is 5.91 Å². The third kappa shape index (κ3) is 3.85. The third-order valence-electron chi connectivity index (χ3n) is 2.62. The summed E-state index contributed by atoms with van der Waals surface area (Å²) in [7, 11) is 0. The van der Waals surface area contributed by atoms with Crippen LogP contribution >= 0.6 is 0 Å². The molecule has 3 N–H and O–H groups in total. The Morgan fingerprint density at radius 2 is 2.29 bits per heavy atom. The number of anilines is 1. The summed E-state index contributed by atoms with van der Waals surface area (Å²) in [5, 5.41) is 6.97. The van der Waals surface area contributed by atoms with Gasteiger partial charge in [-0.1, -0.05) is 19.8 Å². The predicted octanol–water partition coefficient (Wildman–Crippen LogP) is 1.92. The average molecular weight is 238 g/mol. The van der Waals surface area contributed by atoms with E-state index in [1.165, 1.54) is 0 Å². The van der Waals surface area contributed by atoms with Crippen LogP contribution in [0.15, 0.2) is 12.3 Å². The van der Waals surface area contributed by atoms with Crippen molar-refractivity contribution in [3.63, 3.8) is 0 Å². The summed E-state index contributed by atoms with van der Waals surface area (Å²) in [5.74, 6) is 0.567. The number of rotatable bonds is 6. The molecule has 0 bridgehead atoms. The molecule has 0 fully saturated rings. The molecule has 0 aliphatic carbocycles. The van der Waals surface area contributed by atoms with Gasteiger partial charge in [0.25, 0.3) is 0 Å². The largest absolute Gasteiger partial charge is 0.320 e. The van der Waals surface area contributed by atoms with E-state index in [2.05, 4.69) is 17.3 Å². The lowest BCUT2D eigenvalue weighted by molar-refractivity contribution is -0.117. The molecule has 0 aliphatic heterocycles. The molecular formula is C12H22N4O. The van der Waals surface area contributed by atoms with Crippen LogP contribution in [0.2, 0.25) is 0 Å². The summed E-state index contributed by atoms with van der Waals surface area (Å²) >= 11 is 0. The molecule has 5 heteroatoms. The first-order valence-electron chi connectivity index (χ1n) is 6.16. The second-order valence-corrected chi connectivity index (χ2v) is 4.49. The van der Waals surface area contributed by atoms with Gasteiger partial charge in [-0.25, -0.2) is 4.68 Å². The van der Waals surface area contributed by atoms with Crippen LogP contribution in [0.5, 0.6) is 0 Å². The fourth-order valence-electron chi connectivity index (χ4n) is 1.60. The van der Waals surface area contributed by atoms with Crippen LogP contribution in [0.3, 0.4) is 0 Å². The maximum absolute atomic E-state index is 11.8. The number of aromatic nitrogens is 2. The highest BCUT2D eigenvalue weighted by atomic mass is 16.2. The van der Waals surface area contributed by atoms with Gasteiger partial charge in [0, 0.05) is 12.1 Å². The fourth-order valence-corrected chi connectivity index (χ4v) is 1.60. The molecule has 1 unspecified atom stereocenters. The van der Waals surface area contributed by atoms with Crippen molar-refractivity contribution >= 4 is 11.7 Å². The number of hydrogen-bond acceptors (Lipinski definition) is 3. The van der Waals surface area contributed by atoms with E-state index in [1.807, 2.05) is 13.8 Å². The molecule has 0 saturated heterocycles. The zero-order chi connectivity index (χ0) is 12.8. The minimum Gasteiger partial charge on any atom is -0.320 e. The zero-order valence-electron chi connectivity index (χ0n) is 10.8. The number of unbranched alkanes of at least 4 members (excludes halogenated alkanes) is 1. The molecule has 1 atom stereocenters. The first kappa shape index (κ1) is 13.7. The van der Waals surface area contributed by atoms with Crippen LogP contribution in [-0.4, -0.2) is 21.7 Å². The SMILES string of the molecule is CCCCC(N)C(=O)Nc1ccnn1C(C)C. The van der Waals surface area contributed by atoms with Crippen molar-refractivity contribution in [2.45, 2.75) is 52.1 Å². The lowest BCUT2D eigenvalue weighted by Crippen LogP contribution is -2.36. The monoisotopic (exact) mass is 238 g/mol. The summed E-state index contributed by atoms with van der Waals surface area (Å²) in [6, 6.07) is 1.56. The van der Waals surface area contributed by atoms with Gasteiger partial charge in [-0.3, -0.25) is 4.79 Å². The van der Waals surface area contributed by atoms with Crippen molar-refractivity contribution in [1.82, 2.24) is 9.78 Å². The Balaban J connectivity index is 2.58. The van der Waals surface area contributed by atoms with Crippen molar-refractivity contribution < 1.29 is 4.79 Å². The summed E-state index contributed by atoms with van der Waals surface area (Å²) < 4.78 is 1.77. The number of carbonyl (C=O) groups excluding carboxylic acids is 1. The van der Waals surface area contributed by atoms with Crippen LogP contribution in [0.4, 0.5) is 5.82 Å².